The van der Waals surface area contributed by atoms with Crippen LogP contribution in [0.3, 0.4) is 0 Å². The molecule has 7 nitrogen and oxygen atoms in total. The van der Waals surface area contributed by atoms with E-state index in [1.807, 2.05) is 24.3 Å². The molecule has 8 heteroatoms. The van der Waals surface area contributed by atoms with Gasteiger partial charge >= 0.3 is 0 Å². The van der Waals surface area contributed by atoms with Crippen LogP contribution in [0.2, 0.25) is 0 Å². The minimum Gasteiger partial charge on any atom is -0.378 e. The SMILES string of the molecule is CC(C)C[C@H](N)C1=NC[C@@](C[C@@H]2CCNC2O)(C(=O)c2nc3ccccc3s2)N1. The quantitative estimate of drug-likeness (QED) is 0.514. The summed E-state index contributed by atoms with van der Waals surface area (Å²) >= 11 is 1.41. The smallest absolute Gasteiger partial charge is 0.218 e. The van der Waals surface area contributed by atoms with Crippen molar-refractivity contribution in [3.8, 4) is 0 Å². The van der Waals surface area contributed by atoms with E-state index in [2.05, 4.69) is 34.5 Å². The summed E-state index contributed by atoms with van der Waals surface area (Å²) in [5, 5.41) is 17.2. The zero-order valence-corrected chi connectivity index (χ0v) is 17.7. The van der Waals surface area contributed by atoms with Gasteiger partial charge in [0.1, 0.15) is 17.6 Å². The Kier molecular flexibility index (Phi) is 5.70. The van der Waals surface area contributed by atoms with Crippen LogP contribution < -0.4 is 16.4 Å². The highest BCUT2D eigenvalue weighted by Gasteiger charge is 2.48. The molecule has 1 unspecified atom stereocenters. The third-order valence-corrected chi connectivity index (χ3v) is 6.85. The summed E-state index contributed by atoms with van der Waals surface area (Å²) < 4.78 is 0.990. The molecule has 0 bridgehead atoms. The van der Waals surface area contributed by atoms with E-state index < -0.39 is 11.8 Å². The van der Waals surface area contributed by atoms with E-state index in [1.54, 1.807) is 0 Å². The molecule has 1 aromatic heterocycles. The van der Waals surface area contributed by atoms with Crippen molar-refractivity contribution >= 4 is 33.2 Å². The van der Waals surface area contributed by atoms with Crippen LogP contribution >= 0.6 is 11.3 Å². The number of aromatic nitrogens is 1. The number of aliphatic hydroxyl groups excluding tert-OH is 1. The summed E-state index contributed by atoms with van der Waals surface area (Å²) in [6.07, 6.45) is 1.51. The molecule has 1 saturated heterocycles. The minimum atomic E-state index is -0.907. The predicted octanol–water partition coefficient (Wildman–Crippen LogP) is 1.91. The molecule has 0 amide bonds. The number of Topliss-reactive ketones (excluding diaryl/α,β-unsaturated/α-hetero) is 1. The van der Waals surface area contributed by atoms with Gasteiger partial charge in [0.25, 0.3) is 0 Å². The number of fused-ring (bicyclic) bond motifs is 1. The lowest BCUT2D eigenvalue weighted by molar-refractivity contribution is 0.0735. The van der Waals surface area contributed by atoms with Crippen molar-refractivity contribution in [3.63, 3.8) is 0 Å². The number of aliphatic hydroxyl groups is 1. The van der Waals surface area contributed by atoms with Crippen LogP contribution in [-0.4, -0.2) is 52.6 Å². The number of nitrogens with one attached hydrogen (secondary N) is 2. The molecule has 0 radical (unpaired) electrons. The van der Waals surface area contributed by atoms with Crippen LogP contribution in [0.15, 0.2) is 29.3 Å². The second kappa shape index (κ2) is 8.10. The first kappa shape index (κ1) is 20.4. The Hall–Kier alpha value is -1.87. The normalized spacial score (nSPS) is 28.0. The number of amidine groups is 1. The van der Waals surface area contributed by atoms with Gasteiger partial charge in [0.05, 0.1) is 22.8 Å². The number of nitrogens with two attached hydrogens (primary N) is 1. The maximum Gasteiger partial charge on any atom is 0.218 e. The number of carbonyl (C=O) groups is 1. The molecule has 4 rings (SSSR count). The monoisotopic (exact) mass is 415 g/mol. The zero-order valence-electron chi connectivity index (χ0n) is 16.9. The molecular weight excluding hydrogens is 386 g/mol. The number of hydrogen-bond acceptors (Lipinski definition) is 8. The topological polar surface area (TPSA) is 113 Å². The number of thiazole rings is 1. The van der Waals surface area contributed by atoms with Crippen molar-refractivity contribution in [2.45, 2.75) is 50.9 Å². The van der Waals surface area contributed by atoms with Gasteiger partial charge in [-0.15, -0.1) is 11.3 Å². The lowest BCUT2D eigenvalue weighted by Crippen LogP contribution is -2.57. The number of aliphatic imine (C=N–C) groups is 1. The number of ketones is 1. The Balaban J connectivity index is 1.62. The van der Waals surface area contributed by atoms with Gasteiger partial charge in [0, 0.05) is 5.92 Å². The van der Waals surface area contributed by atoms with Crippen LogP contribution in [0.1, 0.15) is 42.9 Å². The van der Waals surface area contributed by atoms with Crippen molar-refractivity contribution in [2.24, 2.45) is 22.6 Å². The molecular formula is C21H29N5O2S. The van der Waals surface area contributed by atoms with Crippen LogP contribution in [0.4, 0.5) is 0 Å². The first-order chi connectivity index (χ1) is 13.9. The molecule has 0 aliphatic carbocycles. The van der Waals surface area contributed by atoms with E-state index in [9.17, 15) is 9.90 Å². The van der Waals surface area contributed by atoms with Crippen LogP contribution in [-0.2, 0) is 0 Å². The molecule has 1 aromatic carbocycles. The Labute approximate surface area is 174 Å². The number of nitrogens with zero attached hydrogens (tertiary/aromatic N) is 2. The van der Waals surface area contributed by atoms with Crippen LogP contribution in [0.25, 0.3) is 10.2 Å². The van der Waals surface area contributed by atoms with Crippen molar-refractivity contribution in [1.82, 2.24) is 15.6 Å². The van der Waals surface area contributed by atoms with Crippen molar-refractivity contribution in [2.75, 3.05) is 13.1 Å². The second-order valence-electron chi connectivity index (χ2n) is 8.61. The summed E-state index contributed by atoms with van der Waals surface area (Å²) in [7, 11) is 0. The molecule has 156 valence electrons. The Bertz CT molecular complexity index is 894. The van der Waals surface area contributed by atoms with E-state index in [0.29, 0.717) is 29.7 Å². The number of rotatable bonds is 7. The summed E-state index contributed by atoms with van der Waals surface area (Å²) in [6.45, 7) is 5.31. The molecule has 0 saturated carbocycles. The second-order valence-corrected chi connectivity index (χ2v) is 9.64. The summed E-state index contributed by atoms with van der Waals surface area (Å²) in [4.78, 5) is 22.9. The Morgan fingerprint density at radius 2 is 2.21 bits per heavy atom. The Morgan fingerprint density at radius 1 is 1.41 bits per heavy atom. The number of para-hydroxylation sites is 1. The van der Waals surface area contributed by atoms with Crippen molar-refractivity contribution in [3.05, 3.63) is 29.3 Å². The lowest BCUT2D eigenvalue weighted by Gasteiger charge is -2.32. The molecule has 2 aliphatic heterocycles. The molecule has 2 aromatic rings. The highest BCUT2D eigenvalue weighted by atomic mass is 32.1. The van der Waals surface area contributed by atoms with E-state index >= 15 is 0 Å². The molecule has 5 N–H and O–H groups in total. The van der Waals surface area contributed by atoms with Gasteiger partial charge in [-0.05, 0) is 43.9 Å². The van der Waals surface area contributed by atoms with E-state index in [-0.39, 0.29) is 17.7 Å². The van der Waals surface area contributed by atoms with Gasteiger partial charge in [-0.1, -0.05) is 26.0 Å². The largest absolute Gasteiger partial charge is 0.378 e. The van der Waals surface area contributed by atoms with E-state index in [1.165, 1.54) is 11.3 Å². The number of hydrogen-bond donors (Lipinski definition) is 4. The molecule has 2 aliphatic rings. The maximum atomic E-state index is 13.7. The van der Waals surface area contributed by atoms with Gasteiger partial charge in [-0.3, -0.25) is 15.1 Å². The van der Waals surface area contributed by atoms with Gasteiger partial charge in [0.2, 0.25) is 5.78 Å². The van der Waals surface area contributed by atoms with Crippen molar-refractivity contribution in [1.29, 1.82) is 0 Å². The lowest BCUT2D eigenvalue weighted by atomic mass is 9.83. The van der Waals surface area contributed by atoms with Gasteiger partial charge in [-0.25, -0.2) is 4.98 Å². The highest BCUT2D eigenvalue weighted by molar-refractivity contribution is 7.20. The number of carbonyl (C=O) groups excluding carboxylic acids is 1. The van der Waals surface area contributed by atoms with Crippen LogP contribution in [0, 0.1) is 11.8 Å². The molecule has 1 fully saturated rings. The van der Waals surface area contributed by atoms with Gasteiger partial charge in [-0.2, -0.15) is 0 Å². The Morgan fingerprint density at radius 3 is 2.90 bits per heavy atom. The summed E-state index contributed by atoms with van der Waals surface area (Å²) in [5.74, 6) is 1.05. The molecule has 3 heterocycles. The van der Waals surface area contributed by atoms with E-state index in [4.69, 9.17) is 5.73 Å². The zero-order chi connectivity index (χ0) is 20.6. The molecule has 0 spiro atoms. The predicted molar refractivity (Wildman–Crippen MR) is 116 cm³/mol. The average Bonchev–Trinajstić information content (AvgIpc) is 3.40. The minimum absolute atomic E-state index is 0.0169. The highest BCUT2D eigenvalue weighted by Crippen LogP contribution is 2.33. The first-order valence-corrected chi connectivity index (χ1v) is 11.1. The van der Waals surface area contributed by atoms with Crippen LogP contribution in [0.5, 0.6) is 0 Å². The third kappa shape index (κ3) is 4.07. The van der Waals surface area contributed by atoms with E-state index in [0.717, 1.165) is 29.6 Å². The summed E-state index contributed by atoms with van der Waals surface area (Å²) in [6, 6.07) is 7.54. The summed E-state index contributed by atoms with van der Waals surface area (Å²) in [5.41, 5.74) is 6.28. The molecule has 4 atom stereocenters. The maximum absolute atomic E-state index is 13.7. The fourth-order valence-corrected chi connectivity index (χ4v) is 5.29. The van der Waals surface area contributed by atoms with Gasteiger partial charge in [0.15, 0.2) is 5.01 Å². The fraction of sp³-hybridized carbons (Fsp3) is 0.571. The fourth-order valence-electron chi connectivity index (χ4n) is 4.29. The average molecular weight is 416 g/mol. The van der Waals surface area contributed by atoms with Gasteiger partial charge < -0.3 is 16.2 Å². The number of benzene rings is 1. The molecule has 29 heavy (non-hydrogen) atoms. The standard InChI is InChI=1S/C21H29N5O2S/c1-12(2)9-14(22)18-24-11-21(26-18,10-13-7-8-23-19(13)28)17(27)20-25-15-5-3-4-6-16(15)29-20/h3-6,12-14,19,23,28H,7-11,22H2,1-2H3,(H,24,26)/t13-,14-,19?,21-/m0/s1. The first-order valence-electron chi connectivity index (χ1n) is 10.3. The third-order valence-electron chi connectivity index (χ3n) is 5.81. The van der Waals surface area contributed by atoms with Crippen molar-refractivity contribution < 1.29 is 9.90 Å².